The molecule has 0 spiro atoms. The zero-order chi connectivity index (χ0) is 9.07. The van der Waals surface area contributed by atoms with Gasteiger partial charge in [-0.15, -0.1) is 0 Å². The summed E-state index contributed by atoms with van der Waals surface area (Å²) >= 11 is 0. The first kappa shape index (κ1) is 9.93. The van der Waals surface area contributed by atoms with Gasteiger partial charge in [0.1, 0.15) is 6.29 Å². The first-order valence-corrected chi connectivity index (χ1v) is 2.67. The van der Waals surface area contributed by atoms with E-state index in [1.54, 1.807) is 5.32 Å². The zero-order valence-electron chi connectivity index (χ0n) is 5.61. The quantitative estimate of drug-likeness (QED) is 0.471. The van der Waals surface area contributed by atoms with Crippen LogP contribution in [-0.4, -0.2) is 25.4 Å². The van der Waals surface area contributed by atoms with E-state index in [0.29, 0.717) is 0 Å². The Morgan fingerprint density at radius 2 is 2.00 bits per heavy atom. The summed E-state index contributed by atoms with van der Waals surface area (Å²) in [5.74, 6) is -3.89. The summed E-state index contributed by atoms with van der Waals surface area (Å²) in [7, 11) is 1.03. The lowest BCUT2D eigenvalue weighted by Gasteiger charge is -2.11. The van der Waals surface area contributed by atoms with Crippen LogP contribution in [0.15, 0.2) is 0 Å². The highest BCUT2D eigenvalue weighted by atomic mass is 19.4. The van der Waals surface area contributed by atoms with Crippen LogP contribution in [0.1, 0.15) is 0 Å². The molecule has 1 N–H and O–H groups in total. The van der Waals surface area contributed by atoms with E-state index >= 15 is 0 Å². The number of alkyl halides is 3. The largest absolute Gasteiger partial charge is 0.407 e. The molecule has 0 radical (unpaired) electrons. The standard InChI is InChI=1S/C5H6F3NO2/c1-9-4(11)3(2-10)5(6,7)8/h2-3H,1H3,(H,9,11)/t3-/m1/s1. The summed E-state index contributed by atoms with van der Waals surface area (Å²) in [5.41, 5.74) is 0. The Hall–Kier alpha value is -1.07. The second-order valence-electron chi connectivity index (χ2n) is 1.77. The van der Waals surface area contributed by atoms with Gasteiger partial charge >= 0.3 is 6.18 Å². The number of aldehydes is 1. The molecular weight excluding hydrogens is 163 g/mol. The van der Waals surface area contributed by atoms with Crippen LogP contribution in [0.2, 0.25) is 0 Å². The van der Waals surface area contributed by atoms with Gasteiger partial charge in [0.15, 0.2) is 5.92 Å². The maximum Gasteiger partial charge on any atom is 0.407 e. The second-order valence-corrected chi connectivity index (χ2v) is 1.77. The van der Waals surface area contributed by atoms with Gasteiger partial charge in [0.25, 0.3) is 0 Å². The van der Waals surface area contributed by atoms with Gasteiger partial charge < -0.3 is 10.1 Å². The molecule has 0 aliphatic rings. The molecular formula is C5H6F3NO2. The Labute approximate surface area is 60.6 Å². The fourth-order valence-electron chi connectivity index (χ4n) is 0.443. The molecule has 0 aliphatic carbocycles. The minimum atomic E-state index is -4.79. The third-order valence-electron chi connectivity index (χ3n) is 1.02. The minimum Gasteiger partial charge on any atom is -0.358 e. The van der Waals surface area contributed by atoms with Gasteiger partial charge in [-0.3, -0.25) is 4.79 Å². The fraction of sp³-hybridized carbons (Fsp3) is 0.600. The Morgan fingerprint density at radius 3 is 2.09 bits per heavy atom. The fourth-order valence-corrected chi connectivity index (χ4v) is 0.443. The molecule has 0 heterocycles. The topological polar surface area (TPSA) is 46.2 Å². The normalized spacial score (nSPS) is 13.8. The van der Waals surface area contributed by atoms with Gasteiger partial charge in [0.2, 0.25) is 5.91 Å². The molecule has 0 aromatic heterocycles. The first-order valence-electron chi connectivity index (χ1n) is 2.67. The molecule has 0 saturated carbocycles. The molecule has 1 atom stereocenters. The van der Waals surface area contributed by atoms with Gasteiger partial charge in [-0.25, -0.2) is 0 Å². The summed E-state index contributed by atoms with van der Waals surface area (Å²) in [6.07, 6.45) is -5.22. The molecule has 0 fully saturated rings. The third kappa shape index (κ3) is 2.57. The van der Waals surface area contributed by atoms with Crippen LogP contribution in [0.25, 0.3) is 0 Å². The molecule has 6 heteroatoms. The molecule has 11 heavy (non-hydrogen) atoms. The van der Waals surface area contributed by atoms with Crippen molar-refractivity contribution in [3.8, 4) is 0 Å². The highest BCUT2D eigenvalue weighted by molar-refractivity contribution is 5.92. The number of rotatable bonds is 2. The first-order chi connectivity index (χ1) is 4.93. The molecule has 0 aromatic rings. The van der Waals surface area contributed by atoms with E-state index in [4.69, 9.17) is 0 Å². The van der Waals surface area contributed by atoms with Crippen molar-refractivity contribution in [3.63, 3.8) is 0 Å². The summed E-state index contributed by atoms with van der Waals surface area (Å²) < 4.78 is 35.0. The lowest BCUT2D eigenvalue weighted by atomic mass is 10.1. The van der Waals surface area contributed by atoms with E-state index < -0.39 is 24.3 Å². The number of nitrogens with one attached hydrogen (secondary N) is 1. The third-order valence-corrected chi connectivity index (χ3v) is 1.02. The number of carbonyl (C=O) groups excluding carboxylic acids is 2. The van der Waals surface area contributed by atoms with Gasteiger partial charge in [0.05, 0.1) is 0 Å². The van der Waals surface area contributed by atoms with Gasteiger partial charge in [-0.1, -0.05) is 0 Å². The Balaban J connectivity index is 4.41. The summed E-state index contributed by atoms with van der Waals surface area (Å²) in [4.78, 5) is 20.1. The van der Waals surface area contributed by atoms with Crippen molar-refractivity contribution >= 4 is 12.2 Å². The van der Waals surface area contributed by atoms with Crippen molar-refractivity contribution < 1.29 is 22.8 Å². The number of hydrogen-bond donors (Lipinski definition) is 1. The lowest BCUT2D eigenvalue weighted by Crippen LogP contribution is -2.38. The number of amides is 1. The van der Waals surface area contributed by atoms with Crippen LogP contribution in [0.5, 0.6) is 0 Å². The lowest BCUT2D eigenvalue weighted by molar-refractivity contribution is -0.180. The Kier molecular flexibility index (Phi) is 3.03. The number of hydrogen-bond acceptors (Lipinski definition) is 2. The van der Waals surface area contributed by atoms with Crippen LogP contribution >= 0.6 is 0 Å². The van der Waals surface area contributed by atoms with Gasteiger partial charge in [-0.2, -0.15) is 13.2 Å². The van der Waals surface area contributed by atoms with Gasteiger partial charge in [-0.05, 0) is 0 Å². The predicted molar refractivity (Wildman–Crippen MR) is 29.7 cm³/mol. The van der Waals surface area contributed by atoms with Crippen LogP contribution in [-0.2, 0) is 9.59 Å². The molecule has 0 rings (SSSR count). The van der Waals surface area contributed by atoms with E-state index in [1.165, 1.54) is 0 Å². The predicted octanol–water partition coefficient (Wildman–Crippen LogP) is 0.110. The van der Waals surface area contributed by atoms with E-state index in [0.717, 1.165) is 7.05 Å². The molecule has 3 nitrogen and oxygen atoms in total. The summed E-state index contributed by atoms with van der Waals surface area (Å²) in [6.45, 7) is 0. The molecule has 0 aliphatic heterocycles. The Morgan fingerprint density at radius 1 is 1.55 bits per heavy atom. The van der Waals surface area contributed by atoms with E-state index in [1.807, 2.05) is 0 Å². The average Bonchev–Trinajstić information content (AvgIpc) is 1.86. The second kappa shape index (κ2) is 3.36. The summed E-state index contributed by atoms with van der Waals surface area (Å²) in [6, 6.07) is 0. The van der Waals surface area contributed by atoms with E-state index in [9.17, 15) is 22.8 Å². The zero-order valence-corrected chi connectivity index (χ0v) is 5.61. The highest BCUT2D eigenvalue weighted by Gasteiger charge is 2.44. The molecule has 1 amide bonds. The Bertz CT molecular complexity index is 166. The SMILES string of the molecule is CNC(=O)[C@@H](C=O)C(F)(F)F. The minimum absolute atomic E-state index is 0.432. The van der Waals surface area contributed by atoms with Crippen LogP contribution in [0, 0.1) is 5.92 Å². The van der Waals surface area contributed by atoms with E-state index in [2.05, 4.69) is 0 Å². The maximum atomic E-state index is 11.7. The van der Waals surface area contributed by atoms with Crippen LogP contribution in [0.3, 0.4) is 0 Å². The van der Waals surface area contributed by atoms with Crippen molar-refractivity contribution in [2.24, 2.45) is 5.92 Å². The van der Waals surface area contributed by atoms with Crippen molar-refractivity contribution in [3.05, 3.63) is 0 Å². The van der Waals surface area contributed by atoms with E-state index in [-0.39, 0.29) is 0 Å². The smallest absolute Gasteiger partial charge is 0.358 e. The molecule has 0 saturated heterocycles. The number of carbonyl (C=O) groups is 2. The highest BCUT2D eigenvalue weighted by Crippen LogP contribution is 2.24. The van der Waals surface area contributed by atoms with Gasteiger partial charge in [0, 0.05) is 7.05 Å². The van der Waals surface area contributed by atoms with Crippen molar-refractivity contribution in [2.75, 3.05) is 7.05 Å². The molecule has 64 valence electrons. The monoisotopic (exact) mass is 169 g/mol. The van der Waals surface area contributed by atoms with Crippen molar-refractivity contribution in [2.45, 2.75) is 6.18 Å². The van der Waals surface area contributed by atoms with Crippen molar-refractivity contribution in [1.29, 1.82) is 0 Å². The maximum absolute atomic E-state index is 11.7. The number of halogens is 3. The summed E-state index contributed by atoms with van der Waals surface area (Å²) in [5, 5.41) is 1.73. The average molecular weight is 169 g/mol. The molecule has 0 unspecified atom stereocenters. The van der Waals surface area contributed by atoms with Crippen LogP contribution in [0.4, 0.5) is 13.2 Å². The molecule has 0 bridgehead atoms. The molecule has 0 aromatic carbocycles. The van der Waals surface area contributed by atoms with Crippen LogP contribution < -0.4 is 5.32 Å². The van der Waals surface area contributed by atoms with Crippen molar-refractivity contribution in [1.82, 2.24) is 5.32 Å².